The second-order valence-electron chi connectivity index (χ2n) is 7.84. The van der Waals surface area contributed by atoms with Gasteiger partial charge in [0.15, 0.2) is 0 Å². The summed E-state index contributed by atoms with van der Waals surface area (Å²) < 4.78 is 5.26. The van der Waals surface area contributed by atoms with Gasteiger partial charge in [-0.15, -0.1) is 0 Å². The predicted octanol–water partition coefficient (Wildman–Crippen LogP) is 4.83. The van der Waals surface area contributed by atoms with E-state index in [9.17, 15) is 4.79 Å². The summed E-state index contributed by atoms with van der Waals surface area (Å²) in [5.41, 5.74) is 3.94. The zero-order valence-electron chi connectivity index (χ0n) is 18.1. The van der Waals surface area contributed by atoms with Gasteiger partial charge in [-0.2, -0.15) is 0 Å². The molecule has 31 heavy (non-hydrogen) atoms. The number of rotatable bonds is 6. The summed E-state index contributed by atoms with van der Waals surface area (Å²) in [7, 11) is 1.69. The maximum absolute atomic E-state index is 12.5. The van der Waals surface area contributed by atoms with Gasteiger partial charge in [0.25, 0.3) is 5.91 Å². The molecule has 0 saturated carbocycles. The number of nitrogens with one attached hydrogen (secondary N) is 1. The van der Waals surface area contributed by atoms with E-state index in [2.05, 4.69) is 46.3 Å². The van der Waals surface area contributed by atoms with Crippen LogP contribution in [0, 0.1) is 0 Å². The van der Waals surface area contributed by atoms with Gasteiger partial charge >= 0.3 is 0 Å². The molecule has 1 heterocycles. The topological polar surface area (TPSA) is 44.8 Å². The van der Waals surface area contributed by atoms with E-state index in [0.717, 1.165) is 37.6 Å². The van der Waals surface area contributed by atoms with Crippen molar-refractivity contribution < 1.29 is 9.53 Å². The van der Waals surface area contributed by atoms with Crippen LogP contribution in [0.1, 0.15) is 28.9 Å². The summed E-state index contributed by atoms with van der Waals surface area (Å²) in [5.74, 6) is 0.800. The minimum Gasteiger partial charge on any atom is -0.497 e. The van der Waals surface area contributed by atoms with E-state index in [-0.39, 0.29) is 11.9 Å². The number of nitrogens with zero attached hydrogens (tertiary/aromatic N) is 2. The lowest BCUT2D eigenvalue weighted by molar-refractivity contribution is 0.102. The average Bonchev–Trinajstić information content (AvgIpc) is 2.84. The molecule has 160 valence electrons. The quantitative estimate of drug-likeness (QED) is 0.626. The molecule has 4 rings (SSSR count). The van der Waals surface area contributed by atoms with Crippen LogP contribution in [-0.2, 0) is 0 Å². The lowest BCUT2D eigenvalue weighted by atomic mass is 10.0. The van der Waals surface area contributed by atoms with E-state index in [1.165, 1.54) is 11.3 Å². The summed E-state index contributed by atoms with van der Waals surface area (Å²) in [6, 6.07) is 26.0. The van der Waals surface area contributed by atoms with Crippen LogP contribution < -0.4 is 15.0 Å². The highest BCUT2D eigenvalue weighted by Gasteiger charge is 2.22. The molecule has 0 radical (unpaired) electrons. The fourth-order valence-electron chi connectivity index (χ4n) is 4.04. The Balaban J connectivity index is 1.37. The third kappa shape index (κ3) is 5.06. The Morgan fingerprint density at radius 2 is 1.61 bits per heavy atom. The van der Waals surface area contributed by atoms with Gasteiger partial charge in [0.1, 0.15) is 5.75 Å². The Hall–Kier alpha value is -3.31. The standard InChI is InChI=1S/C26H29N3O2/c1-20(28-15-17-29(18-16-28)24-11-13-25(31-2)14-12-24)22-9-6-10-23(19-22)27-26(30)21-7-4-3-5-8-21/h3-14,19-20H,15-18H2,1-2H3,(H,27,30). The summed E-state index contributed by atoms with van der Waals surface area (Å²) >= 11 is 0. The normalized spacial score (nSPS) is 15.4. The summed E-state index contributed by atoms with van der Waals surface area (Å²) in [6.45, 7) is 6.20. The number of carbonyl (C=O) groups excluding carboxylic acids is 1. The zero-order chi connectivity index (χ0) is 21.6. The first kappa shape index (κ1) is 20.9. The molecule has 0 aromatic heterocycles. The molecule has 1 N–H and O–H groups in total. The molecule has 1 saturated heterocycles. The number of amides is 1. The molecule has 1 atom stereocenters. The highest BCUT2D eigenvalue weighted by molar-refractivity contribution is 6.04. The molecule has 1 amide bonds. The molecule has 3 aromatic rings. The molecule has 1 aliphatic heterocycles. The Morgan fingerprint density at radius 1 is 0.903 bits per heavy atom. The number of hydrogen-bond donors (Lipinski definition) is 1. The summed E-state index contributed by atoms with van der Waals surface area (Å²) in [6.07, 6.45) is 0. The van der Waals surface area contributed by atoms with Crippen molar-refractivity contribution in [2.45, 2.75) is 13.0 Å². The molecule has 3 aromatic carbocycles. The van der Waals surface area contributed by atoms with Crippen molar-refractivity contribution in [3.05, 3.63) is 90.0 Å². The Bertz CT molecular complexity index is 997. The van der Waals surface area contributed by atoms with E-state index in [4.69, 9.17) is 4.74 Å². The van der Waals surface area contributed by atoms with Crippen molar-refractivity contribution in [2.24, 2.45) is 0 Å². The van der Waals surface area contributed by atoms with Crippen molar-refractivity contribution in [1.82, 2.24) is 4.90 Å². The van der Waals surface area contributed by atoms with Crippen molar-refractivity contribution >= 4 is 17.3 Å². The van der Waals surface area contributed by atoms with Crippen LogP contribution >= 0.6 is 0 Å². The molecule has 1 aliphatic rings. The molecule has 0 bridgehead atoms. The van der Waals surface area contributed by atoms with Crippen LogP contribution in [0.4, 0.5) is 11.4 Å². The zero-order valence-corrected chi connectivity index (χ0v) is 18.1. The van der Waals surface area contributed by atoms with Crippen LogP contribution in [0.2, 0.25) is 0 Å². The number of ether oxygens (including phenoxy) is 1. The van der Waals surface area contributed by atoms with E-state index in [1.807, 2.05) is 54.6 Å². The van der Waals surface area contributed by atoms with Gasteiger partial charge < -0.3 is 15.0 Å². The number of carbonyl (C=O) groups is 1. The van der Waals surface area contributed by atoms with Crippen LogP contribution in [0.3, 0.4) is 0 Å². The molecule has 5 heteroatoms. The van der Waals surface area contributed by atoms with E-state index in [0.29, 0.717) is 5.56 Å². The third-order valence-electron chi connectivity index (χ3n) is 5.96. The minimum absolute atomic E-state index is 0.0847. The van der Waals surface area contributed by atoms with Crippen LogP contribution in [0.5, 0.6) is 5.75 Å². The maximum Gasteiger partial charge on any atom is 0.255 e. The van der Waals surface area contributed by atoms with Crippen LogP contribution in [0.15, 0.2) is 78.9 Å². The SMILES string of the molecule is COc1ccc(N2CCN(C(C)c3cccc(NC(=O)c4ccccc4)c3)CC2)cc1. The Labute approximate surface area is 184 Å². The highest BCUT2D eigenvalue weighted by atomic mass is 16.5. The number of piperazine rings is 1. The van der Waals surface area contributed by atoms with E-state index >= 15 is 0 Å². The molecule has 0 spiro atoms. The fourth-order valence-corrected chi connectivity index (χ4v) is 4.04. The van der Waals surface area contributed by atoms with E-state index < -0.39 is 0 Å². The monoisotopic (exact) mass is 415 g/mol. The molecule has 0 aliphatic carbocycles. The number of anilines is 2. The smallest absolute Gasteiger partial charge is 0.255 e. The van der Waals surface area contributed by atoms with Gasteiger partial charge in [0.2, 0.25) is 0 Å². The second-order valence-corrected chi connectivity index (χ2v) is 7.84. The summed E-state index contributed by atoms with van der Waals surface area (Å²) in [5, 5.41) is 3.02. The van der Waals surface area contributed by atoms with Gasteiger partial charge in [-0.05, 0) is 61.0 Å². The van der Waals surface area contributed by atoms with Crippen molar-refractivity contribution in [3.8, 4) is 5.75 Å². The van der Waals surface area contributed by atoms with E-state index in [1.54, 1.807) is 7.11 Å². The van der Waals surface area contributed by atoms with Gasteiger partial charge in [0.05, 0.1) is 7.11 Å². The Morgan fingerprint density at radius 3 is 2.29 bits per heavy atom. The van der Waals surface area contributed by atoms with Gasteiger partial charge in [0, 0.05) is 49.2 Å². The van der Waals surface area contributed by atoms with Crippen molar-refractivity contribution in [2.75, 3.05) is 43.5 Å². The van der Waals surface area contributed by atoms with Gasteiger partial charge in [-0.1, -0.05) is 30.3 Å². The third-order valence-corrected chi connectivity index (χ3v) is 5.96. The fraction of sp³-hybridized carbons (Fsp3) is 0.269. The minimum atomic E-state index is -0.0847. The number of hydrogen-bond acceptors (Lipinski definition) is 4. The largest absolute Gasteiger partial charge is 0.497 e. The average molecular weight is 416 g/mol. The molecular formula is C26H29N3O2. The molecule has 5 nitrogen and oxygen atoms in total. The first-order valence-electron chi connectivity index (χ1n) is 10.7. The number of methoxy groups -OCH3 is 1. The summed E-state index contributed by atoms with van der Waals surface area (Å²) in [4.78, 5) is 17.4. The number of benzene rings is 3. The first-order valence-corrected chi connectivity index (χ1v) is 10.7. The van der Waals surface area contributed by atoms with Crippen LogP contribution in [0.25, 0.3) is 0 Å². The maximum atomic E-state index is 12.5. The second kappa shape index (κ2) is 9.67. The van der Waals surface area contributed by atoms with Crippen LogP contribution in [-0.4, -0.2) is 44.1 Å². The predicted molar refractivity (Wildman–Crippen MR) is 126 cm³/mol. The molecule has 1 unspecified atom stereocenters. The lowest BCUT2D eigenvalue weighted by Crippen LogP contribution is -2.47. The highest BCUT2D eigenvalue weighted by Crippen LogP contribution is 2.26. The van der Waals surface area contributed by atoms with Crippen molar-refractivity contribution in [1.29, 1.82) is 0 Å². The van der Waals surface area contributed by atoms with Gasteiger partial charge in [-0.3, -0.25) is 9.69 Å². The Kier molecular flexibility index (Phi) is 6.53. The first-order chi connectivity index (χ1) is 15.1. The van der Waals surface area contributed by atoms with Crippen molar-refractivity contribution in [3.63, 3.8) is 0 Å². The van der Waals surface area contributed by atoms with Gasteiger partial charge in [-0.25, -0.2) is 0 Å². The lowest BCUT2D eigenvalue weighted by Gasteiger charge is -2.39. The molecular weight excluding hydrogens is 386 g/mol. The molecule has 1 fully saturated rings.